The summed E-state index contributed by atoms with van der Waals surface area (Å²) in [6.07, 6.45) is 2.39. The first-order chi connectivity index (χ1) is 7.11. The smallest absolute Gasteiger partial charge is 0.163 e. The number of hydrogen-bond donors (Lipinski definition) is 0. The minimum atomic E-state index is -0.502. The van der Waals surface area contributed by atoms with Crippen molar-refractivity contribution in [2.75, 3.05) is 13.2 Å². The van der Waals surface area contributed by atoms with Crippen molar-refractivity contribution in [1.29, 1.82) is 0 Å². The van der Waals surface area contributed by atoms with Crippen LogP contribution in [0.5, 0.6) is 0 Å². The van der Waals surface area contributed by atoms with Crippen molar-refractivity contribution in [3.63, 3.8) is 0 Å². The highest BCUT2D eigenvalue weighted by Gasteiger charge is 2.44. The van der Waals surface area contributed by atoms with Gasteiger partial charge in [0.15, 0.2) is 12.1 Å². The Morgan fingerprint density at radius 3 is 3.00 bits per heavy atom. The van der Waals surface area contributed by atoms with Gasteiger partial charge in [0.05, 0.1) is 19.3 Å². The van der Waals surface area contributed by atoms with Gasteiger partial charge in [-0.15, -0.1) is 6.58 Å². The van der Waals surface area contributed by atoms with E-state index in [1.54, 1.807) is 6.08 Å². The molecule has 0 saturated carbocycles. The summed E-state index contributed by atoms with van der Waals surface area (Å²) in [6, 6.07) is 0. The Balaban J connectivity index is 1.87. The molecule has 3 unspecified atom stereocenters. The number of ether oxygens (including phenoxy) is 4. The Labute approximate surface area is 90.1 Å². The molecule has 2 heterocycles. The van der Waals surface area contributed by atoms with E-state index in [1.165, 1.54) is 0 Å². The molecule has 4 nitrogen and oxygen atoms in total. The lowest BCUT2D eigenvalue weighted by Crippen LogP contribution is -2.46. The second-order valence-electron chi connectivity index (χ2n) is 4.33. The molecule has 0 bridgehead atoms. The highest BCUT2D eigenvalue weighted by molar-refractivity contribution is 4.85. The third-order valence-electron chi connectivity index (χ3n) is 2.60. The summed E-state index contributed by atoms with van der Waals surface area (Å²) in [5.74, 6) is -0.502. The zero-order chi connectivity index (χ0) is 10.9. The maximum absolute atomic E-state index is 5.75. The highest BCUT2D eigenvalue weighted by Crippen LogP contribution is 2.33. The first-order valence-corrected chi connectivity index (χ1v) is 5.30. The summed E-state index contributed by atoms with van der Waals surface area (Å²) in [6.45, 7) is 8.52. The van der Waals surface area contributed by atoms with Crippen molar-refractivity contribution in [3.8, 4) is 0 Å². The fraction of sp³-hybridized carbons (Fsp3) is 0.818. The van der Waals surface area contributed by atoms with Crippen molar-refractivity contribution >= 4 is 0 Å². The van der Waals surface area contributed by atoms with Gasteiger partial charge in [0.25, 0.3) is 0 Å². The summed E-state index contributed by atoms with van der Waals surface area (Å²) < 4.78 is 22.3. The van der Waals surface area contributed by atoms with Gasteiger partial charge in [-0.3, -0.25) is 0 Å². The van der Waals surface area contributed by atoms with Crippen molar-refractivity contribution in [2.24, 2.45) is 0 Å². The van der Waals surface area contributed by atoms with Crippen molar-refractivity contribution in [2.45, 2.75) is 44.6 Å². The van der Waals surface area contributed by atoms with Gasteiger partial charge in [-0.25, -0.2) is 0 Å². The molecule has 0 aromatic heterocycles. The largest absolute Gasteiger partial charge is 0.349 e. The van der Waals surface area contributed by atoms with E-state index >= 15 is 0 Å². The van der Waals surface area contributed by atoms with Gasteiger partial charge in [-0.2, -0.15) is 0 Å². The molecule has 2 fully saturated rings. The molecular weight excluding hydrogens is 196 g/mol. The predicted molar refractivity (Wildman–Crippen MR) is 54.3 cm³/mol. The van der Waals surface area contributed by atoms with Crippen LogP contribution in [0, 0.1) is 0 Å². The van der Waals surface area contributed by atoms with E-state index in [1.807, 2.05) is 13.8 Å². The Bertz CT molecular complexity index is 239. The van der Waals surface area contributed by atoms with Crippen LogP contribution in [0.25, 0.3) is 0 Å². The van der Waals surface area contributed by atoms with Gasteiger partial charge in [0.1, 0.15) is 6.10 Å². The lowest BCUT2D eigenvalue weighted by atomic mass is 10.1. The Morgan fingerprint density at radius 2 is 2.27 bits per heavy atom. The summed E-state index contributed by atoms with van der Waals surface area (Å²) in [5.41, 5.74) is 0. The van der Waals surface area contributed by atoms with Crippen molar-refractivity contribution in [1.82, 2.24) is 0 Å². The van der Waals surface area contributed by atoms with Gasteiger partial charge in [-0.05, 0) is 13.8 Å². The molecule has 0 N–H and O–H groups in total. The van der Waals surface area contributed by atoms with Crippen LogP contribution in [0.2, 0.25) is 0 Å². The molecular formula is C11H18O4. The fourth-order valence-electron chi connectivity index (χ4n) is 1.91. The molecule has 0 aromatic rings. The monoisotopic (exact) mass is 214 g/mol. The molecule has 0 aromatic carbocycles. The lowest BCUT2D eigenvalue weighted by molar-refractivity contribution is -0.295. The van der Waals surface area contributed by atoms with Crippen LogP contribution < -0.4 is 0 Å². The molecule has 2 rings (SSSR count). The number of fused-ring (bicyclic) bond motifs is 1. The van der Waals surface area contributed by atoms with Crippen molar-refractivity contribution in [3.05, 3.63) is 12.7 Å². The zero-order valence-electron chi connectivity index (χ0n) is 9.27. The third kappa shape index (κ3) is 2.58. The highest BCUT2D eigenvalue weighted by atomic mass is 16.8. The minimum absolute atomic E-state index is 0.00726. The van der Waals surface area contributed by atoms with Crippen LogP contribution in [-0.2, 0) is 18.9 Å². The SMILES string of the molecule is C=CCOC1CC2OC(C)(C)OCC2O1. The molecule has 3 atom stereocenters. The van der Waals surface area contributed by atoms with Gasteiger partial charge < -0.3 is 18.9 Å². The molecule has 2 aliphatic heterocycles. The third-order valence-corrected chi connectivity index (χ3v) is 2.60. The summed E-state index contributed by atoms with van der Waals surface area (Å²) in [5, 5.41) is 0. The van der Waals surface area contributed by atoms with Gasteiger partial charge in [-0.1, -0.05) is 6.08 Å². The Morgan fingerprint density at radius 1 is 1.47 bits per heavy atom. The molecule has 0 aliphatic carbocycles. The quantitative estimate of drug-likeness (QED) is 0.666. The van der Waals surface area contributed by atoms with Crippen LogP contribution in [0.15, 0.2) is 12.7 Å². The van der Waals surface area contributed by atoms with Crippen LogP contribution in [0.4, 0.5) is 0 Å². The second kappa shape index (κ2) is 4.22. The molecule has 0 spiro atoms. The molecule has 86 valence electrons. The van der Waals surface area contributed by atoms with Crippen LogP contribution >= 0.6 is 0 Å². The average molecular weight is 214 g/mol. The van der Waals surface area contributed by atoms with E-state index < -0.39 is 5.79 Å². The van der Waals surface area contributed by atoms with E-state index in [4.69, 9.17) is 18.9 Å². The maximum Gasteiger partial charge on any atom is 0.163 e. The van der Waals surface area contributed by atoms with Crippen LogP contribution in [0.1, 0.15) is 20.3 Å². The standard InChI is InChI=1S/C11H18O4/c1-4-5-12-10-6-8-9(14-10)7-13-11(2,3)15-8/h4,8-10H,1,5-7H2,2-3H3. The van der Waals surface area contributed by atoms with E-state index in [2.05, 4.69) is 6.58 Å². The fourth-order valence-corrected chi connectivity index (χ4v) is 1.91. The first-order valence-electron chi connectivity index (χ1n) is 5.30. The van der Waals surface area contributed by atoms with E-state index in [0.717, 1.165) is 6.42 Å². The van der Waals surface area contributed by atoms with Gasteiger partial charge in [0, 0.05) is 6.42 Å². The predicted octanol–water partition coefficient (Wildman–Crippen LogP) is 1.46. The summed E-state index contributed by atoms with van der Waals surface area (Å²) in [4.78, 5) is 0. The topological polar surface area (TPSA) is 36.9 Å². The van der Waals surface area contributed by atoms with Gasteiger partial charge in [0.2, 0.25) is 0 Å². The molecule has 4 heteroatoms. The molecule has 2 aliphatic rings. The lowest BCUT2D eigenvalue weighted by Gasteiger charge is -2.36. The number of hydrogen-bond acceptors (Lipinski definition) is 4. The maximum atomic E-state index is 5.75. The normalized spacial score (nSPS) is 38.7. The van der Waals surface area contributed by atoms with Crippen molar-refractivity contribution < 1.29 is 18.9 Å². The average Bonchev–Trinajstić information content (AvgIpc) is 2.55. The second-order valence-corrected chi connectivity index (χ2v) is 4.33. The summed E-state index contributed by atoms with van der Waals surface area (Å²) in [7, 11) is 0. The molecule has 15 heavy (non-hydrogen) atoms. The summed E-state index contributed by atoms with van der Waals surface area (Å²) >= 11 is 0. The first kappa shape index (κ1) is 11.1. The van der Waals surface area contributed by atoms with E-state index in [-0.39, 0.29) is 18.5 Å². The molecule has 2 saturated heterocycles. The minimum Gasteiger partial charge on any atom is -0.349 e. The Kier molecular flexibility index (Phi) is 3.11. The van der Waals surface area contributed by atoms with E-state index in [0.29, 0.717) is 13.2 Å². The number of rotatable bonds is 3. The van der Waals surface area contributed by atoms with Crippen LogP contribution in [-0.4, -0.2) is 37.5 Å². The zero-order valence-corrected chi connectivity index (χ0v) is 9.27. The van der Waals surface area contributed by atoms with E-state index in [9.17, 15) is 0 Å². The molecule has 0 radical (unpaired) electrons. The molecule has 0 amide bonds. The van der Waals surface area contributed by atoms with Gasteiger partial charge >= 0.3 is 0 Å². The van der Waals surface area contributed by atoms with Crippen LogP contribution in [0.3, 0.4) is 0 Å². The Hall–Kier alpha value is -0.420.